The molecule has 0 radical (unpaired) electrons. The number of aliphatic carboxylic acids is 1. The highest BCUT2D eigenvalue weighted by atomic mass is 16.4. The third-order valence-electron chi connectivity index (χ3n) is 2.70. The molecule has 16 heavy (non-hydrogen) atoms. The van der Waals surface area contributed by atoms with Crippen LogP contribution in [0.2, 0.25) is 0 Å². The fourth-order valence-corrected chi connectivity index (χ4v) is 1.66. The van der Waals surface area contributed by atoms with Gasteiger partial charge in [-0.2, -0.15) is 0 Å². The SMILES string of the molecule is CCCCCCN(CCO)CC(C)C(=O)O. The Morgan fingerprint density at radius 2 is 1.94 bits per heavy atom. The molecule has 1 unspecified atom stereocenters. The number of carbonyl (C=O) groups is 1. The normalized spacial score (nSPS) is 13.0. The van der Waals surface area contributed by atoms with Gasteiger partial charge in [0, 0.05) is 13.1 Å². The molecular weight excluding hydrogens is 206 g/mol. The second-order valence-corrected chi connectivity index (χ2v) is 4.32. The minimum atomic E-state index is -0.767. The van der Waals surface area contributed by atoms with Crippen molar-refractivity contribution in [3.05, 3.63) is 0 Å². The summed E-state index contributed by atoms with van der Waals surface area (Å²) in [5, 5.41) is 17.7. The average molecular weight is 231 g/mol. The van der Waals surface area contributed by atoms with Crippen molar-refractivity contribution in [2.45, 2.75) is 39.5 Å². The lowest BCUT2D eigenvalue weighted by Crippen LogP contribution is -2.34. The molecule has 0 spiro atoms. The molecule has 0 aromatic carbocycles. The summed E-state index contributed by atoms with van der Waals surface area (Å²) in [5.74, 6) is -1.13. The standard InChI is InChI=1S/C12H25NO3/c1-3-4-5-6-7-13(8-9-14)10-11(2)12(15)16/h11,14H,3-10H2,1-2H3,(H,15,16). The molecule has 0 heterocycles. The van der Waals surface area contributed by atoms with Crippen LogP contribution in [0.1, 0.15) is 39.5 Å². The van der Waals surface area contributed by atoms with Crippen molar-refractivity contribution in [3.8, 4) is 0 Å². The highest BCUT2D eigenvalue weighted by Gasteiger charge is 2.15. The number of nitrogens with zero attached hydrogens (tertiary/aromatic N) is 1. The Balaban J connectivity index is 3.82. The second kappa shape index (κ2) is 9.60. The van der Waals surface area contributed by atoms with E-state index in [4.69, 9.17) is 10.2 Å². The van der Waals surface area contributed by atoms with Gasteiger partial charge in [-0.15, -0.1) is 0 Å². The summed E-state index contributed by atoms with van der Waals surface area (Å²) in [6.07, 6.45) is 4.69. The average Bonchev–Trinajstić information content (AvgIpc) is 2.24. The fourth-order valence-electron chi connectivity index (χ4n) is 1.66. The van der Waals surface area contributed by atoms with Gasteiger partial charge in [0.05, 0.1) is 12.5 Å². The van der Waals surface area contributed by atoms with Crippen molar-refractivity contribution in [2.24, 2.45) is 5.92 Å². The molecule has 0 fully saturated rings. The quantitative estimate of drug-likeness (QED) is 0.560. The van der Waals surface area contributed by atoms with Gasteiger partial charge in [-0.05, 0) is 13.0 Å². The van der Waals surface area contributed by atoms with Gasteiger partial charge in [0.15, 0.2) is 0 Å². The van der Waals surface area contributed by atoms with Gasteiger partial charge in [-0.1, -0.05) is 33.1 Å². The van der Waals surface area contributed by atoms with E-state index in [0.29, 0.717) is 13.1 Å². The van der Waals surface area contributed by atoms with Crippen LogP contribution < -0.4 is 0 Å². The Morgan fingerprint density at radius 3 is 2.44 bits per heavy atom. The molecule has 2 N–H and O–H groups in total. The van der Waals surface area contributed by atoms with Gasteiger partial charge in [-0.3, -0.25) is 4.79 Å². The van der Waals surface area contributed by atoms with E-state index >= 15 is 0 Å². The van der Waals surface area contributed by atoms with Gasteiger partial charge >= 0.3 is 5.97 Å². The second-order valence-electron chi connectivity index (χ2n) is 4.32. The van der Waals surface area contributed by atoms with Crippen LogP contribution in [0.5, 0.6) is 0 Å². The molecule has 0 aliphatic rings. The number of hydrogen-bond donors (Lipinski definition) is 2. The largest absolute Gasteiger partial charge is 0.481 e. The van der Waals surface area contributed by atoms with Crippen molar-refractivity contribution >= 4 is 5.97 Å². The van der Waals surface area contributed by atoms with Gasteiger partial charge < -0.3 is 15.1 Å². The molecule has 0 aliphatic heterocycles. The van der Waals surface area contributed by atoms with Crippen LogP contribution in [0, 0.1) is 5.92 Å². The number of unbranched alkanes of at least 4 members (excludes halogenated alkanes) is 3. The third-order valence-corrected chi connectivity index (χ3v) is 2.70. The Bertz CT molecular complexity index is 185. The van der Waals surface area contributed by atoms with Crippen molar-refractivity contribution in [2.75, 3.05) is 26.2 Å². The topological polar surface area (TPSA) is 60.8 Å². The van der Waals surface area contributed by atoms with Crippen LogP contribution in [-0.2, 0) is 4.79 Å². The van der Waals surface area contributed by atoms with Crippen LogP contribution in [0.15, 0.2) is 0 Å². The van der Waals surface area contributed by atoms with E-state index in [1.165, 1.54) is 19.3 Å². The smallest absolute Gasteiger partial charge is 0.307 e. The monoisotopic (exact) mass is 231 g/mol. The van der Waals surface area contributed by atoms with Crippen LogP contribution in [0.25, 0.3) is 0 Å². The van der Waals surface area contributed by atoms with Crippen molar-refractivity contribution < 1.29 is 15.0 Å². The Morgan fingerprint density at radius 1 is 1.25 bits per heavy atom. The lowest BCUT2D eigenvalue weighted by molar-refractivity contribution is -0.141. The van der Waals surface area contributed by atoms with Gasteiger partial charge in [0.25, 0.3) is 0 Å². The van der Waals surface area contributed by atoms with E-state index in [1.54, 1.807) is 6.92 Å². The first-order valence-electron chi connectivity index (χ1n) is 6.17. The molecule has 96 valence electrons. The van der Waals surface area contributed by atoms with Crippen LogP contribution in [0.3, 0.4) is 0 Å². The summed E-state index contributed by atoms with van der Waals surface area (Å²) in [6, 6.07) is 0. The summed E-state index contributed by atoms with van der Waals surface area (Å²) in [5.41, 5.74) is 0. The first-order valence-corrected chi connectivity index (χ1v) is 6.17. The predicted octanol–water partition coefficient (Wildman–Crippen LogP) is 1.58. The minimum absolute atomic E-state index is 0.0973. The summed E-state index contributed by atoms with van der Waals surface area (Å²) >= 11 is 0. The summed E-state index contributed by atoms with van der Waals surface area (Å²) < 4.78 is 0. The third kappa shape index (κ3) is 7.65. The van der Waals surface area contributed by atoms with E-state index < -0.39 is 5.97 Å². The summed E-state index contributed by atoms with van der Waals surface area (Å²) in [6.45, 7) is 5.96. The number of aliphatic hydroxyl groups excluding tert-OH is 1. The zero-order chi connectivity index (χ0) is 12.4. The molecule has 4 heteroatoms. The first kappa shape index (κ1) is 15.4. The van der Waals surface area contributed by atoms with Crippen molar-refractivity contribution in [3.63, 3.8) is 0 Å². The molecule has 0 aliphatic carbocycles. The Kier molecular flexibility index (Phi) is 9.24. The number of hydrogen-bond acceptors (Lipinski definition) is 3. The number of aliphatic hydroxyl groups is 1. The molecule has 0 bridgehead atoms. The minimum Gasteiger partial charge on any atom is -0.481 e. The highest BCUT2D eigenvalue weighted by molar-refractivity contribution is 5.69. The molecule has 0 amide bonds. The maximum absolute atomic E-state index is 10.7. The zero-order valence-electron chi connectivity index (χ0n) is 10.5. The summed E-state index contributed by atoms with van der Waals surface area (Å²) in [7, 11) is 0. The predicted molar refractivity (Wildman–Crippen MR) is 64.5 cm³/mol. The van der Waals surface area contributed by atoms with Crippen LogP contribution in [-0.4, -0.2) is 47.3 Å². The van der Waals surface area contributed by atoms with E-state index in [9.17, 15) is 4.79 Å². The fraction of sp³-hybridized carbons (Fsp3) is 0.917. The molecule has 0 rings (SSSR count). The van der Waals surface area contributed by atoms with Crippen molar-refractivity contribution in [1.82, 2.24) is 4.90 Å². The van der Waals surface area contributed by atoms with Gasteiger partial charge in [0.2, 0.25) is 0 Å². The zero-order valence-corrected chi connectivity index (χ0v) is 10.5. The molecule has 0 saturated carbocycles. The summed E-state index contributed by atoms with van der Waals surface area (Å²) in [4.78, 5) is 12.8. The number of carboxylic acid groups (broad SMARTS) is 1. The molecule has 0 aromatic heterocycles. The lowest BCUT2D eigenvalue weighted by atomic mass is 10.1. The first-order chi connectivity index (χ1) is 7.61. The van der Waals surface area contributed by atoms with Crippen molar-refractivity contribution in [1.29, 1.82) is 0 Å². The maximum Gasteiger partial charge on any atom is 0.307 e. The maximum atomic E-state index is 10.7. The molecule has 0 aromatic rings. The molecule has 4 nitrogen and oxygen atoms in total. The Hall–Kier alpha value is -0.610. The van der Waals surface area contributed by atoms with Crippen LogP contribution >= 0.6 is 0 Å². The van der Waals surface area contributed by atoms with E-state index in [1.807, 2.05) is 4.90 Å². The highest BCUT2D eigenvalue weighted by Crippen LogP contribution is 2.04. The molecule has 1 atom stereocenters. The molecular formula is C12H25NO3. The van der Waals surface area contributed by atoms with Gasteiger partial charge in [-0.25, -0.2) is 0 Å². The lowest BCUT2D eigenvalue weighted by Gasteiger charge is -2.23. The van der Waals surface area contributed by atoms with Crippen LogP contribution in [0.4, 0.5) is 0 Å². The van der Waals surface area contributed by atoms with Gasteiger partial charge in [0.1, 0.15) is 0 Å². The van der Waals surface area contributed by atoms with E-state index in [2.05, 4.69) is 6.92 Å². The molecule has 0 saturated heterocycles. The van der Waals surface area contributed by atoms with E-state index in [-0.39, 0.29) is 12.5 Å². The Labute approximate surface area is 98.3 Å². The number of rotatable bonds is 10. The number of carboxylic acids is 1. The van der Waals surface area contributed by atoms with E-state index in [0.717, 1.165) is 13.0 Å².